The van der Waals surface area contributed by atoms with Crippen LogP contribution < -0.4 is 5.43 Å². The minimum atomic E-state index is -0.489. The highest BCUT2D eigenvalue weighted by molar-refractivity contribution is 7.99. The van der Waals surface area contributed by atoms with Gasteiger partial charge in [0.1, 0.15) is 0 Å². The number of nitrogens with zero attached hydrogens (tertiary/aromatic N) is 7. The number of rotatable bonds is 8. The van der Waals surface area contributed by atoms with Gasteiger partial charge in [-0.25, -0.2) is 5.43 Å². The Morgan fingerprint density at radius 1 is 1.12 bits per heavy atom. The van der Waals surface area contributed by atoms with Crippen molar-refractivity contribution in [2.24, 2.45) is 5.10 Å². The Morgan fingerprint density at radius 3 is 2.50 bits per heavy atom. The molecule has 0 aliphatic carbocycles. The number of hydrogen-bond acceptors (Lipinski definition) is 9. The lowest BCUT2D eigenvalue weighted by Gasteiger charge is -2.09. The predicted octanol–water partition coefficient (Wildman–Crippen LogP) is 3.58. The number of nitrogens with one attached hydrogen (secondary N) is 1. The fourth-order valence-electron chi connectivity index (χ4n) is 3.03. The second kappa shape index (κ2) is 10.4. The van der Waals surface area contributed by atoms with Crippen LogP contribution in [0.1, 0.15) is 22.8 Å². The maximum atomic E-state index is 12.2. The Morgan fingerprint density at radius 2 is 1.82 bits per heavy atom. The molecule has 0 unspecified atom stereocenters. The molecule has 3 aromatic heterocycles. The molecule has 3 heterocycles. The van der Waals surface area contributed by atoms with E-state index in [1.807, 2.05) is 23.6 Å². The average molecular weight is 475 g/mol. The summed E-state index contributed by atoms with van der Waals surface area (Å²) in [5.41, 5.74) is 4.04. The van der Waals surface area contributed by atoms with Gasteiger partial charge in [-0.2, -0.15) is 5.10 Å². The van der Waals surface area contributed by atoms with Gasteiger partial charge in [-0.1, -0.05) is 0 Å². The predicted molar refractivity (Wildman–Crippen MR) is 125 cm³/mol. The zero-order valence-corrected chi connectivity index (χ0v) is 18.7. The van der Waals surface area contributed by atoms with Crippen molar-refractivity contribution in [3.05, 3.63) is 88.5 Å². The Balaban J connectivity index is 1.62. The summed E-state index contributed by atoms with van der Waals surface area (Å²) in [4.78, 5) is 31.6. The van der Waals surface area contributed by atoms with E-state index in [1.54, 1.807) is 30.6 Å². The molecule has 170 valence electrons. The van der Waals surface area contributed by atoms with Crippen LogP contribution in [0, 0.1) is 10.1 Å². The van der Waals surface area contributed by atoms with Crippen molar-refractivity contribution in [2.75, 3.05) is 0 Å². The normalized spacial score (nSPS) is 11.0. The Bertz CT molecular complexity index is 1340. The van der Waals surface area contributed by atoms with Crippen molar-refractivity contribution in [1.29, 1.82) is 0 Å². The summed E-state index contributed by atoms with van der Waals surface area (Å²) in [6.45, 7) is 2.59. The molecule has 0 saturated carbocycles. The van der Waals surface area contributed by atoms with Gasteiger partial charge in [0.2, 0.25) is 0 Å². The van der Waals surface area contributed by atoms with Crippen molar-refractivity contribution >= 4 is 29.6 Å². The molecule has 0 aliphatic heterocycles. The molecule has 0 spiro atoms. The van der Waals surface area contributed by atoms with Gasteiger partial charge in [0.25, 0.3) is 11.6 Å². The van der Waals surface area contributed by atoms with E-state index in [9.17, 15) is 14.9 Å². The Kier molecular flexibility index (Phi) is 6.98. The molecule has 4 rings (SSSR count). The lowest BCUT2D eigenvalue weighted by molar-refractivity contribution is -0.384. The highest BCUT2D eigenvalue weighted by Gasteiger charge is 2.17. The first-order valence-electron chi connectivity index (χ1n) is 10.1. The van der Waals surface area contributed by atoms with Crippen LogP contribution in [-0.4, -0.2) is 41.8 Å². The number of aromatic nitrogens is 5. The van der Waals surface area contributed by atoms with Crippen LogP contribution in [0.15, 0.2) is 82.4 Å². The molecule has 12 heteroatoms. The number of amides is 1. The number of pyridine rings is 2. The topological polar surface area (TPSA) is 141 Å². The van der Waals surface area contributed by atoms with E-state index in [1.165, 1.54) is 42.5 Å². The van der Waals surface area contributed by atoms with E-state index in [2.05, 4.69) is 30.7 Å². The first-order chi connectivity index (χ1) is 16.6. The van der Waals surface area contributed by atoms with Gasteiger partial charge in [0, 0.05) is 65.1 Å². The van der Waals surface area contributed by atoms with Crippen molar-refractivity contribution in [2.45, 2.75) is 23.5 Å². The maximum Gasteiger partial charge on any atom is 0.271 e. The average Bonchev–Trinajstić information content (AvgIpc) is 3.28. The minimum Gasteiger partial charge on any atom is -0.302 e. The van der Waals surface area contributed by atoms with Crippen LogP contribution in [0.4, 0.5) is 5.69 Å². The molecule has 11 nitrogen and oxygen atoms in total. The largest absolute Gasteiger partial charge is 0.302 e. The van der Waals surface area contributed by atoms with Gasteiger partial charge >= 0.3 is 0 Å². The smallest absolute Gasteiger partial charge is 0.271 e. The van der Waals surface area contributed by atoms with Crippen LogP contribution in [-0.2, 0) is 6.54 Å². The maximum absolute atomic E-state index is 12.2. The minimum absolute atomic E-state index is 0.0966. The third-order valence-electron chi connectivity index (χ3n) is 4.69. The summed E-state index contributed by atoms with van der Waals surface area (Å²) in [6.07, 6.45) is 7.73. The number of non-ortho nitro benzene ring substituents is 1. The van der Waals surface area contributed by atoms with E-state index in [0.717, 1.165) is 5.56 Å². The molecule has 1 N–H and O–H groups in total. The molecule has 0 bridgehead atoms. The lowest BCUT2D eigenvalue weighted by Crippen LogP contribution is -2.17. The molecular weight excluding hydrogens is 456 g/mol. The molecule has 1 amide bonds. The summed E-state index contributed by atoms with van der Waals surface area (Å²) >= 11 is 1.30. The number of carbonyl (C=O) groups excluding carboxylic acids is 1. The summed E-state index contributed by atoms with van der Waals surface area (Å²) < 4.78 is 1.94. The van der Waals surface area contributed by atoms with Gasteiger partial charge in [-0.05, 0) is 49.0 Å². The molecule has 0 aliphatic rings. The molecule has 0 atom stereocenters. The summed E-state index contributed by atoms with van der Waals surface area (Å²) in [7, 11) is 0. The number of hydrazone groups is 1. The third kappa shape index (κ3) is 5.13. The highest BCUT2D eigenvalue weighted by Crippen LogP contribution is 2.33. The van der Waals surface area contributed by atoms with Gasteiger partial charge in [0.05, 0.1) is 11.1 Å². The van der Waals surface area contributed by atoms with E-state index < -0.39 is 10.8 Å². The molecule has 34 heavy (non-hydrogen) atoms. The van der Waals surface area contributed by atoms with Crippen molar-refractivity contribution < 1.29 is 9.72 Å². The van der Waals surface area contributed by atoms with Crippen LogP contribution >= 0.6 is 11.8 Å². The highest BCUT2D eigenvalue weighted by atomic mass is 32.2. The van der Waals surface area contributed by atoms with Gasteiger partial charge in [0.15, 0.2) is 11.0 Å². The van der Waals surface area contributed by atoms with Crippen molar-refractivity contribution in [1.82, 2.24) is 30.2 Å². The molecular formula is C22H18N8O3S. The van der Waals surface area contributed by atoms with Crippen LogP contribution in [0.25, 0.3) is 11.4 Å². The number of hydrogen-bond donors (Lipinski definition) is 1. The number of nitro benzene ring substituents is 1. The molecule has 0 saturated heterocycles. The summed E-state index contributed by atoms with van der Waals surface area (Å²) in [6, 6.07) is 11.2. The first-order valence-corrected chi connectivity index (χ1v) is 10.9. The summed E-state index contributed by atoms with van der Waals surface area (Å²) in [5, 5.41) is 24.5. The Hall–Kier alpha value is -4.45. The van der Waals surface area contributed by atoms with E-state index >= 15 is 0 Å². The molecule has 4 aromatic rings. The standard InChI is InChI=1S/C22H18N8O3S/c1-2-29-20(15-5-9-23-10-6-15)26-28-22(29)34-19-4-3-18(30(32)33)13-17(19)14-25-27-21(31)16-7-11-24-12-8-16/h3-14H,2H2,1H3,(H,27,31)/b25-14-. The second-order valence-electron chi connectivity index (χ2n) is 6.80. The molecule has 0 fully saturated rings. The van der Waals surface area contributed by atoms with E-state index in [-0.39, 0.29) is 5.69 Å². The van der Waals surface area contributed by atoms with Crippen LogP contribution in [0.2, 0.25) is 0 Å². The van der Waals surface area contributed by atoms with E-state index in [0.29, 0.717) is 33.5 Å². The van der Waals surface area contributed by atoms with Crippen molar-refractivity contribution in [3.8, 4) is 11.4 Å². The first kappa shape index (κ1) is 22.7. The zero-order chi connectivity index (χ0) is 23.9. The fourth-order valence-corrected chi connectivity index (χ4v) is 4.00. The third-order valence-corrected chi connectivity index (χ3v) is 5.77. The second-order valence-corrected chi connectivity index (χ2v) is 7.81. The quantitative estimate of drug-likeness (QED) is 0.232. The van der Waals surface area contributed by atoms with Crippen LogP contribution in [0.3, 0.4) is 0 Å². The van der Waals surface area contributed by atoms with Crippen molar-refractivity contribution in [3.63, 3.8) is 0 Å². The Labute approximate surface area is 198 Å². The summed E-state index contributed by atoms with van der Waals surface area (Å²) in [5.74, 6) is 0.264. The lowest BCUT2D eigenvalue weighted by atomic mass is 10.2. The number of carbonyl (C=O) groups is 1. The van der Waals surface area contributed by atoms with Gasteiger partial charge in [-0.3, -0.25) is 24.9 Å². The zero-order valence-electron chi connectivity index (χ0n) is 17.9. The van der Waals surface area contributed by atoms with Crippen LogP contribution in [0.5, 0.6) is 0 Å². The molecule has 1 aromatic carbocycles. The fraction of sp³-hybridized carbons (Fsp3) is 0.0909. The van der Waals surface area contributed by atoms with E-state index in [4.69, 9.17) is 0 Å². The molecule has 0 radical (unpaired) electrons. The number of nitro groups is 1. The van der Waals surface area contributed by atoms with Gasteiger partial charge in [-0.15, -0.1) is 10.2 Å². The SMILES string of the molecule is CCn1c(Sc2ccc([N+](=O)[O-])cc2/C=N\NC(=O)c2ccncc2)nnc1-c1ccncc1. The monoisotopic (exact) mass is 474 g/mol. The number of benzene rings is 1. The van der Waals surface area contributed by atoms with Gasteiger partial charge < -0.3 is 4.57 Å².